The van der Waals surface area contributed by atoms with E-state index >= 15 is 0 Å². The maximum Gasteiger partial charge on any atom is 0.206 e. The first-order chi connectivity index (χ1) is 13.8. The molecule has 6 heteroatoms. The summed E-state index contributed by atoms with van der Waals surface area (Å²) in [6, 6.07) is 1.94. The summed E-state index contributed by atoms with van der Waals surface area (Å²) >= 11 is 0. The summed E-state index contributed by atoms with van der Waals surface area (Å²) in [5, 5.41) is 0. The number of anilines is 1. The molecular weight excluding hydrogens is 354 g/mol. The van der Waals surface area contributed by atoms with Gasteiger partial charge in [-0.15, -0.1) is 0 Å². The van der Waals surface area contributed by atoms with Crippen LogP contribution in [0.3, 0.4) is 0 Å². The molecule has 0 radical (unpaired) electrons. The van der Waals surface area contributed by atoms with Gasteiger partial charge < -0.3 is 19.1 Å². The molecule has 1 saturated heterocycles. The molecule has 2 heterocycles. The molecule has 0 amide bonds. The van der Waals surface area contributed by atoms with Crippen LogP contribution >= 0.6 is 0 Å². The number of nitrogens with zero attached hydrogens (tertiary/aromatic N) is 3. The van der Waals surface area contributed by atoms with E-state index < -0.39 is 0 Å². The monoisotopic (exact) mass is 391 g/mol. The number of methoxy groups -OCH3 is 2. The molecule has 0 bridgehead atoms. The van der Waals surface area contributed by atoms with Crippen LogP contribution in [0.2, 0.25) is 0 Å². The lowest BCUT2D eigenvalue weighted by Crippen LogP contribution is -2.43. The van der Waals surface area contributed by atoms with Crippen LogP contribution in [0.15, 0.2) is 12.3 Å². The summed E-state index contributed by atoms with van der Waals surface area (Å²) in [5.41, 5.74) is 0. The molecule has 6 nitrogen and oxygen atoms in total. The predicted molar refractivity (Wildman–Crippen MR) is 114 cm³/mol. The van der Waals surface area contributed by atoms with Gasteiger partial charge in [0, 0.05) is 33.5 Å². The second kappa shape index (κ2) is 14.3. The molecule has 1 aliphatic carbocycles. The van der Waals surface area contributed by atoms with Gasteiger partial charge >= 0.3 is 0 Å². The number of hydrogen-bond acceptors (Lipinski definition) is 6. The Labute approximate surface area is 171 Å². The van der Waals surface area contributed by atoms with Gasteiger partial charge in [-0.3, -0.25) is 0 Å². The van der Waals surface area contributed by atoms with Crippen molar-refractivity contribution in [1.82, 2.24) is 9.97 Å². The molecule has 2 fully saturated rings. The summed E-state index contributed by atoms with van der Waals surface area (Å²) in [6.07, 6.45) is 7.03. The topological polar surface area (TPSA) is 56.7 Å². The normalized spacial score (nSPS) is 21.1. The molecule has 158 valence electrons. The second-order valence-electron chi connectivity index (χ2n) is 6.25. The van der Waals surface area contributed by atoms with Gasteiger partial charge in [-0.05, 0) is 37.7 Å². The Morgan fingerprint density at radius 3 is 2.32 bits per heavy atom. The molecule has 2 aliphatic rings. The van der Waals surface area contributed by atoms with Crippen molar-refractivity contribution in [3.05, 3.63) is 18.1 Å². The Bertz CT molecular complexity index is 586. The van der Waals surface area contributed by atoms with Crippen LogP contribution in [0, 0.1) is 11.8 Å². The van der Waals surface area contributed by atoms with Gasteiger partial charge in [0.15, 0.2) is 0 Å². The lowest BCUT2D eigenvalue weighted by molar-refractivity contribution is -0.119. The largest absolute Gasteiger partial charge is 0.381 e. The van der Waals surface area contributed by atoms with Crippen molar-refractivity contribution in [3.63, 3.8) is 0 Å². The van der Waals surface area contributed by atoms with E-state index in [9.17, 15) is 0 Å². The van der Waals surface area contributed by atoms with Crippen LogP contribution in [0.25, 0.3) is 0 Å². The highest BCUT2D eigenvalue weighted by Gasteiger charge is 2.33. The van der Waals surface area contributed by atoms with Crippen LogP contribution in [0.5, 0.6) is 0 Å². The van der Waals surface area contributed by atoms with Gasteiger partial charge in [0.05, 0.1) is 18.3 Å². The minimum absolute atomic E-state index is 0.354. The minimum atomic E-state index is 0.354. The van der Waals surface area contributed by atoms with E-state index in [1.807, 2.05) is 33.8 Å². The van der Waals surface area contributed by atoms with E-state index in [1.165, 1.54) is 0 Å². The minimum Gasteiger partial charge on any atom is -0.381 e. The van der Waals surface area contributed by atoms with Crippen LogP contribution in [-0.4, -0.2) is 62.2 Å². The van der Waals surface area contributed by atoms with Crippen molar-refractivity contribution in [3.8, 4) is 11.8 Å². The van der Waals surface area contributed by atoms with Gasteiger partial charge in [-0.25, -0.2) is 9.97 Å². The number of piperidine rings is 1. The Balaban J connectivity index is 0.000000921. The van der Waals surface area contributed by atoms with Gasteiger partial charge in [-0.1, -0.05) is 33.6 Å². The smallest absolute Gasteiger partial charge is 0.206 e. The van der Waals surface area contributed by atoms with Crippen molar-refractivity contribution in [2.24, 2.45) is 0 Å². The van der Waals surface area contributed by atoms with E-state index in [-0.39, 0.29) is 0 Å². The Morgan fingerprint density at radius 1 is 1.04 bits per heavy atom. The standard InChI is InChI=1S/C18H25N3O3.2C2H6/c1-22-11-3-4-17-19-8-5-18(20-17)21-9-6-14(7-10-21)24-16-12-15(13-16)23-2;2*1-2/h5,8,14-16H,6-7,9-13H2,1-2H3;2*1-2H3. The van der Waals surface area contributed by atoms with Gasteiger partial charge in [-0.2, -0.15) is 0 Å². The van der Waals surface area contributed by atoms with Gasteiger partial charge in [0.1, 0.15) is 12.4 Å². The number of ether oxygens (including phenoxy) is 3. The molecule has 1 saturated carbocycles. The molecule has 0 spiro atoms. The summed E-state index contributed by atoms with van der Waals surface area (Å²) in [6.45, 7) is 10.3. The SMILES string of the molecule is CC.CC.COCC#Cc1nccc(N2CCC(OC3CC(OC)C3)CC2)n1. The van der Waals surface area contributed by atoms with Crippen LogP contribution in [0.1, 0.15) is 59.2 Å². The highest BCUT2D eigenvalue weighted by Crippen LogP contribution is 2.29. The summed E-state index contributed by atoms with van der Waals surface area (Å²) in [7, 11) is 3.40. The van der Waals surface area contributed by atoms with Crippen molar-refractivity contribution < 1.29 is 14.2 Å². The zero-order valence-electron chi connectivity index (χ0n) is 18.4. The summed E-state index contributed by atoms with van der Waals surface area (Å²) in [4.78, 5) is 11.0. The quantitative estimate of drug-likeness (QED) is 0.714. The first kappa shape index (κ1) is 24.4. The molecule has 0 atom stereocenters. The predicted octanol–water partition coefficient (Wildman–Crippen LogP) is 3.69. The second-order valence-corrected chi connectivity index (χ2v) is 6.25. The Morgan fingerprint density at radius 2 is 1.71 bits per heavy atom. The Hall–Kier alpha value is -1.68. The first-order valence-corrected chi connectivity index (χ1v) is 10.5. The summed E-state index contributed by atoms with van der Waals surface area (Å²) in [5.74, 6) is 7.29. The molecule has 0 aromatic carbocycles. The average molecular weight is 392 g/mol. The van der Waals surface area contributed by atoms with Crippen LogP contribution in [0.4, 0.5) is 5.82 Å². The van der Waals surface area contributed by atoms with E-state index in [0.717, 1.165) is 44.6 Å². The molecule has 1 aliphatic heterocycles. The lowest BCUT2D eigenvalue weighted by Gasteiger charge is -2.39. The van der Waals surface area contributed by atoms with Gasteiger partial charge in [0.25, 0.3) is 0 Å². The van der Waals surface area contributed by atoms with E-state index in [4.69, 9.17) is 14.2 Å². The van der Waals surface area contributed by atoms with E-state index in [1.54, 1.807) is 20.4 Å². The number of rotatable bonds is 5. The van der Waals surface area contributed by atoms with Crippen LogP contribution < -0.4 is 4.90 Å². The van der Waals surface area contributed by atoms with Crippen molar-refractivity contribution in [2.75, 3.05) is 38.8 Å². The van der Waals surface area contributed by atoms with Crippen molar-refractivity contribution >= 4 is 5.82 Å². The highest BCUT2D eigenvalue weighted by molar-refractivity contribution is 5.40. The van der Waals surface area contributed by atoms with E-state index in [2.05, 4.69) is 26.7 Å². The summed E-state index contributed by atoms with van der Waals surface area (Å²) < 4.78 is 16.4. The molecule has 1 aromatic heterocycles. The highest BCUT2D eigenvalue weighted by atomic mass is 16.5. The van der Waals surface area contributed by atoms with Crippen molar-refractivity contribution in [1.29, 1.82) is 0 Å². The third-order valence-electron chi connectivity index (χ3n) is 4.59. The van der Waals surface area contributed by atoms with E-state index in [0.29, 0.717) is 30.7 Å². The fourth-order valence-corrected chi connectivity index (χ4v) is 3.09. The Kier molecular flexibility index (Phi) is 12.5. The molecule has 28 heavy (non-hydrogen) atoms. The first-order valence-electron chi connectivity index (χ1n) is 10.5. The average Bonchev–Trinajstić information content (AvgIpc) is 2.74. The van der Waals surface area contributed by atoms with Crippen molar-refractivity contribution in [2.45, 2.75) is 71.7 Å². The molecular formula is C22H37N3O3. The maximum absolute atomic E-state index is 6.16. The van der Waals surface area contributed by atoms with Gasteiger partial charge in [0.2, 0.25) is 5.82 Å². The van der Waals surface area contributed by atoms with Crippen LogP contribution in [-0.2, 0) is 14.2 Å². The molecule has 1 aromatic rings. The fraction of sp³-hybridized carbons (Fsp3) is 0.727. The molecule has 0 unspecified atom stereocenters. The molecule has 0 N–H and O–H groups in total. The zero-order chi connectivity index (χ0) is 20.8. The molecule has 3 rings (SSSR count). The fourth-order valence-electron chi connectivity index (χ4n) is 3.09. The third-order valence-corrected chi connectivity index (χ3v) is 4.59. The zero-order valence-corrected chi connectivity index (χ0v) is 18.4. The third kappa shape index (κ3) is 7.75. The lowest BCUT2D eigenvalue weighted by atomic mass is 9.91. The maximum atomic E-state index is 6.16. The number of hydrogen-bond donors (Lipinski definition) is 0. The number of aromatic nitrogens is 2.